The van der Waals surface area contributed by atoms with E-state index in [9.17, 15) is 9.90 Å². The quantitative estimate of drug-likeness (QED) is 0.575. The van der Waals surface area contributed by atoms with Crippen LogP contribution in [0.5, 0.6) is 0 Å². The molecule has 0 aliphatic carbocycles. The fourth-order valence-electron chi connectivity index (χ4n) is 3.57. The minimum Gasteiger partial charge on any atom is -0.447 e. The molecule has 9 heteroatoms. The van der Waals surface area contributed by atoms with Crippen LogP contribution in [0, 0.1) is 0 Å². The van der Waals surface area contributed by atoms with Crippen molar-refractivity contribution in [3.63, 3.8) is 0 Å². The lowest BCUT2D eigenvalue weighted by Gasteiger charge is -2.35. The lowest BCUT2D eigenvalue weighted by atomic mass is 10.2. The molecular weight excluding hydrogens is 376 g/mol. The maximum atomic E-state index is 12.2. The van der Waals surface area contributed by atoms with Crippen molar-refractivity contribution in [3.8, 4) is 0 Å². The number of β-amino-alcohol motifs (C(OH)–C–C–N with tert-alkyl or cyclic N) is 1. The van der Waals surface area contributed by atoms with Crippen molar-refractivity contribution in [2.24, 2.45) is 0 Å². The van der Waals surface area contributed by atoms with Gasteiger partial charge in [0.2, 0.25) is 5.89 Å². The Morgan fingerprint density at radius 2 is 2.10 bits per heavy atom. The van der Waals surface area contributed by atoms with Gasteiger partial charge in [0.1, 0.15) is 6.26 Å². The molecule has 2 atom stereocenters. The molecule has 3 rings (SSSR count). The summed E-state index contributed by atoms with van der Waals surface area (Å²) in [4.78, 5) is 21.0. The van der Waals surface area contributed by atoms with Crippen LogP contribution < -0.4 is 5.32 Å². The first-order valence-corrected chi connectivity index (χ1v) is 10.6. The van der Waals surface area contributed by atoms with Gasteiger partial charge < -0.3 is 24.3 Å². The van der Waals surface area contributed by atoms with E-state index in [1.807, 2.05) is 13.8 Å². The molecule has 2 aliphatic heterocycles. The first-order valence-electron chi connectivity index (χ1n) is 10.6. The van der Waals surface area contributed by atoms with Crippen LogP contribution in [0.4, 0.5) is 0 Å². The van der Waals surface area contributed by atoms with E-state index in [1.54, 1.807) is 0 Å². The summed E-state index contributed by atoms with van der Waals surface area (Å²) in [5, 5.41) is 12.9. The molecule has 29 heavy (non-hydrogen) atoms. The fraction of sp³-hybridized carbons (Fsp3) is 0.800. The van der Waals surface area contributed by atoms with Crippen LogP contribution in [0.1, 0.15) is 43.1 Å². The van der Waals surface area contributed by atoms with Crippen molar-refractivity contribution in [1.29, 1.82) is 0 Å². The SMILES string of the molecule is CC(C)OCC(O)CN1CCN(Cc2nc(C(=O)NCC3CCCO3)co2)CC1. The van der Waals surface area contributed by atoms with Crippen molar-refractivity contribution in [2.45, 2.75) is 51.5 Å². The molecule has 0 radical (unpaired) electrons. The number of hydrogen-bond acceptors (Lipinski definition) is 8. The average Bonchev–Trinajstić information content (AvgIpc) is 3.38. The molecule has 1 amide bonds. The highest BCUT2D eigenvalue weighted by Gasteiger charge is 2.22. The van der Waals surface area contributed by atoms with Crippen LogP contribution in [0.15, 0.2) is 10.7 Å². The third-order valence-electron chi connectivity index (χ3n) is 5.21. The van der Waals surface area contributed by atoms with Crippen LogP contribution in [0.2, 0.25) is 0 Å². The summed E-state index contributed by atoms with van der Waals surface area (Å²) in [7, 11) is 0. The molecule has 0 aromatic carbocycles. The van der Waals surface area contributed by atoms with Crippen molar-refractivity contribution in [1.82, 2.24) is 20.1 Å². The number of amides is 1. The van der Waals surface area contributed by atoms with Crippen molar-refractivity contribution in [3.05, 3.63) is 17.8 Å². The summed E-state index contributed by atoms with van der Waals surface area (Å²) >= 11 is 0. The number of rotatable bonds is 10. The molecule has 2 N–H and O–H groups in total. The number of hydrogen-bond donors (Lipinski definition) is 2. The molecular formula is C20H34N4O5. The zero-order valence-corrected chi connectivity index (χ0v) is 17.5. The highest BCUT2D eigenvalue weighted by Crippen LogP contribution is 2.12. The number of aliphatic hydroxyl groups is 1. The first kappa shape index (κ1) is 22.2. The number of nitrogens with zero attached hydrogens (tertiary/aromatic N) is 3. The van der Waals surface area contributed by atoms with Gasteiger partial charge >= 0.3 is 0 Å². The van der Waals surface area contributed by atoms with Gasteiger partial charge in [-0.25, -0.2) is 4.98 Å². The number of aliphatic hydroxyl groups excluding tert-OH is 1. The molecule has 3 heterocycles. The molecule has 0 bridgehead atoms. The van der Waals surface area contributed by atoms with E-state index in [0.717, 1.165) is 45.6 Å². The van der Waals surface area contributed by atoms with Gasteiger partial charge in [-0.3, -0.25) is 14.6 Å². The number of piperazine rings is 1. The minimum absolute atomic E-state index is 0.108. The van der Waals surface area contributed by atoms with Crippen LogP contribution in [0.25, 0.3) is 0 Å². The number of aromatic nitrogens is 1. The summed E-state index contributed by atoms with van der Waals surface area (Å²) in [6.45, 7) is 10.2. The van der Waals surface area contributed by atoms with Gasteiger partial charge in [0.05, 0.1) is 31.5 Å². The maximum absolute atomic E-state index is 12.2. The van der Waals surface area contributed by atoms with Crippen LogP contribution in [-0.4, -0.2) is 96.6 Å². The summed E-state index contributed by atoms with van der Waals surface area (Å²) in [6, 6.07) is 0. The lowest BCUT2D eigenvalue weighted by Crippen LogP contribution is -2.48. The van der Waals surface area contributed by atoms with Crippen LogP contribution >= 0.6 is 0 Å². The van der Waals surface area contributed by atoms with E-state index in [0.29, 0.717) is 37.8 Å². The number of ether oxygens (including phenoxy) is 2. The molecule has 0 spiro atoms. The normalized spacial score (nSPS) is 22.3. The molecule has 2 unspecified atom stereocenters. The summed E-state index contributed by atoms with van der Waals surface area (Å²) in [5.41, 5.74) is 0.310. The summed E-state index contributed by atoms with van der Waals surface area (Å²) < 4.78 is 16.5. The van der Waals surface area contributed by atoms with Gasteiger partial charge in [-0.15, -0.1) is 0 Å². The highest BCUT2D eigenvalue weighted by atomic mass is 16.5. The van der Waals surface area contributed by atoms with E-state index in [-0.39, 0.29) is 18.1 Å². The summed E-state index contributed by atoms with van der Waals surface area (Å²) in [6.07, 6.45) is 3.22. The van der Waals surface area contributed by atoms with Crippen molar-refractivity contribution >= 4 is 5.91 Å². The van der Waals surface area contributed by atoms with Gasteiger partial charge in [0.15, 0.2) is 5.69 Å². The Labute approximate surface area is 172 Å². The molecule has 1 aromatic heterocycles. The van der Waals surface area contributed by atoms with Gasteiger partial charge in [-0.05, 0) is 26.7 Å². The lowest BCUT2D eigenvalue weighted by molar-refractivity contribution is -0.0151. The van der Waals surface area contributed by atoms with E-state index in [1.165, 1.54) is 6.26 Å². The number of oxazole rings is 1. The second-order valence-corrected chi connectivity index (χ2v) is 8.08. The monoisotopic (exact) mass is 410 g/mol. The Balaban J connectivity index is 1.35. The topological polar surface area (TPSA) is 100 Å². The van der Waals surface area contributed by atoms with Crippen LogP contribution in [-0.2, 0) is 16.0 Å². The predicted molar refractivity (Wildman–Crippen MR) is 107 cm³/mol. The Morgan fingerprint density at radius 3 is 2.79 bits per heavy atom. The second-order valence-electron chi connectivity index (χ2n) is 8.08. The molecule has 0 saturated carbocycles. The molecule has 2 fully saturated rings. The van der Waals surface area contributed by atoms with E-state index in [2.05, 4.69) is 20.1 Å². The fourth-order valence-corrected chi connectivity index (χ4v) is 3.57. The number of carbonyl (C=O) groups is 1. The molecule has 9 nitrogen and oxygen atoms in total. The third-order valence-corrected chi connectivity index (χ3v) is 5.21. The van der Waals surface area contributed by atoms with Gasteiger partial charge in [-0.2, -0.15) is 0 Å². The van der Waals surface area contributed by atoms with Crippen LogP contribution in [0.3, 0.4) is 0 Å². The maximum Gasteiger partial charge on any atom is 0.273 e. The number of carbonyl (C=O) groups excluding carboxylic acids is 1. The molecule has 164 valence electrons. The molecule has 1 aromatic rings. The summed E-state index contributed by atoms with van der Waals surface area (Å²) in [5.74, 6) is 0.323. The minimum atomic E-state index is -0.466. The standard InChI is InChI=1S/C20H34N4O5/c1-15(2)28-13-16(25)11-23-5-7-24(8-6-23)12-19-22-18(14-29-19)20(26)21-10-17-4-3-9-27-17/h14-17,25H,3-13H2,1-2H3,(H,21,26). The van der Waals surface area contributed by atoms with Crippen molar-refractivity contribution < 1.29 is 23.8 Å². The van der Waals surface area contributed by atoms with E-state index >= 15 is 0 Å². The predicted octanol–water partition coefficient (Wildman–Crippen LogP) is 0.487. The zero-order valence-electron chi connectivity index (χ0n) is 17.5. The Morgan fingerprint density at radius 1 is 1.34 bits per heavy atom. The Kier molecular flexibility index (Phi) is 8.43. The number of nitrogens with one attached hydrogen (secondary N) is 1. The van der Waals surface area contributed by atoms with E-state index < -0.39 is 6.10 Å². The van der Waals surface area contributed by atoms with Gasteiger partial charge in [0, 0.05) is 45.9 Å². The third kappa shape index (κ3) is 7.35. The van der Waals surface area contributed by atoms with Crippen molar-refractivity contribution in [2.75, 3.05) is 52.5 Å². The molecule has 2 aliphatic rings. The average molecular weight is 411 g/mol. The largest absolute Gasteiger partial charge is 0.447 e. The zero-order chi connectivity index (χ0) is 20.6. The van der Waals surface area contributed by atoms with Gasteiger partial charge in [0.25, 0.3) is 5.91 Å². The molecule has 2 saturated heterocycles. The highest BCUT2D eigenvalue weighted by molar-refractivity contribution is 5.91. The second kappa shape index (κ2) is 11.0. The Bertz CT molecular complexity index is 624. The first-order chi connectivity index (χ1) is 14.0. The smallest absolute Gasteiger partial charge is 0.273 e. The van der Waals surface area contributed by atoms with E-state index in [4.69, 9.17) is 13.9 Å². The van der Waals surface area contributed by atoms with Gasteiger partial charge in [-0.1, -0.05) is 0 Å². The Hall–Kier alpha value is -1.52.